The molecule has 0 spiro atoms. The van der Waals surface area contributed by atoms with Gasteiger partial charge in [0.25, 0.3) is 0 Å². The Bertz CT molecular complexity index is 605. The number of phenols is 1. The highest BCUT2D eigenvalue weighted by Gasteiger charge is 2.11. The third-order valence-corrected chi connectivity index (χ3v) is 3.84. The highest BCUT2D eigenvalue weighted by atomic mass is 32.2. The fourth-order valence-electron chi connectivity index (χ4n) is 1.74. The Morgan fingerprint density at radius 1 is 1.14 bits per heavy atom. The molecule has 2 rings (SSSR count). The molecule has 0 aliphatic carbocycles. The lowest BCUT2D eigenvalue weighted by Gasteiger charge is -2.11. The van der Waals surface area contributed by atoms with Gasteiger partial charge in [-0.15, -0.1) is 11.8 Å². The zero-order valence-corrected chi connectivity index (χ0v) is 12.1. The lowest BCUT2D eigenvalue weighted by Crippen LogP contribution is -2.03. The summed E-state index contributed by atoms with van der Waals surface area (Å²) in [5, 5.41) is 9.68. The van der Waals surface area contributed by atoms with Crippen molar-refractivity contribution in [1.82, 2.24) is 0 Å². The summed E-state index contributed by atoms with van der Waals surface area (Å²) in [5.74, 6) is 1.05. The van der Waals surface area contributed by atoms with E-state index in [-0.39, 0.29) is 17.2 Å². The topological polar surface area (TPSA) is 38.7 Å². The van der Waals surface area contributed by atoms with Crippen LogP contribution in [0.5, 0.6) is 17.2 Å². The van der Waals surface area contributed by atoms with Gasteiger partial charge in [-0.05, 0) is 29.8 Å². The summed E-state index contributed by atoms with van der Waals surface area (Å²) in [7, 11) is 1.40. The van der Waals surface area contributed by atoms with Crippen molar-refractivity contribution in [3.05, 3.63) is 48.0 Å². The summed E-state index contributed by atoms with van der Waals surface area (Å²) in [5.41, 5.74) is 0.877. The third kappa shape index (κ3) is 4.26. The Morgan fingerprint density at radius 2 is 1.90 bits per heavy atom. The van der Waals surface area contributed by atoms with Crippen LogP contribution in [-0.4, -0.2) is 18.8 Å². The molecule has 0 radical (unpaired) electrons. The highest BCUT2D eigenvalue weighted by molar-refractivity contribution is 7.98. The van der Waals surface area contributed by atoms with Crippen molar-refractivity contribution in [2.24, 2.45) is 0 Å². The SMILES string of the molecule is COc1cc(CSc2ccccc2O)ccc1OC(F)F. The van der Waals surface area contributed by atoms with Crippen LogP contribution in [0.3, 0.4) is 0 Å². The fraction of sp³-hybridized carbons (Fsp3) is 0.200. The van der Waals surface area contributed by atoms with Crippen molar-refractivity contribution >= 4 is 11.8 Å². The summed E-state index contributed by atoms with van der Waals surface area (Å²) < 4.78 is 33.9. The molecule has 0 heterocycles. The summed E-state index contributed by atoms with van der Waals surface area (Å²) >= 11 is 1.44. The van der Waals surface area contributed by atoms with Crippen molar-refractivity contribution < 1.29 is 23.4 Å². The molecule has 0 saturated heterocycles. The molecule has 0 unspecified atom stereocenters. The first-order valence-corrected chi connectivity index (χ1v) is 7.11. The maximum absolute atomic E-state index is 12.2. The lowest BCUT2D eigenvalue weighted by molar-refractivity contribution is -0.0512. The first kappa shape index (κ1) is 15.4. The van der Waals surface area contributed by atoms with Gasteiger partial charge in [-0.3, -0.25) is 0 Å². The molecular weight excluding hydrogens is 298 g/mol. The van der Waals surface area contributed by atoms with Crippen LogP contribution >= 0.6 is 11.8 Å². The second-order valence-corrected chi connectivity index (χ2v) is 5.14. The molecule has 2 aromatic rings. The van der Waals surface area contributed by atoms with Crippen LogP contribution in [0.2, 0.25) is 0 Å². The number of hydrogen-bond donors (Lipinski definition) is 1. The van der Waals surface area contributed by atoms with Crippen molar-refractivity contribution in [2.45, 2.75) is 17.3 Å². The van der Waals surface area contributed by atoms with Gasteiger partial charge in [-0.1, -0.05) is 18.2 Å². The van der Waals surface area contributed by atoms with Crippen LogP contribution in [0.15, 0.2) is 47.4 Å². The van der Waals surface area contributed by atoms with E-state index >= 15 is 0 Å². The average molecular weight is 312 g/mol. The number of ether oxygens (including phenoxy) is 2. The minimum atomic E-state index is -2.89. The van der Waals surface area contributed by atoms with Crippen molar-refractivity contribution in [2.75, 3.05) is 7.11 Å². The molecule has 0 aliphatic rings. The van der Waals surface area contributed by atoms with Crippen molar-refractivity contribution in [3.63, 3.8) is 0 Å². The molecule has 21 heavy (non-hydrogen) atoms. The largest absolute Gasteiger partial charge is 0.507 e. The Labute approximate surface area is 125 Å². The normalized spacial score (nSPS) is 10.7. The molecule has 0 bridgehead atoms. The van der Waals surface area contributed by atoms with Crippen LogP contribution in [0.4, 0.5) is 8.78 Å². The van der Waals surface area contributed by atoms with E-state index in [0.717, 1.165) is 10.5 Å². The van der Waals surface area contributed by atoms with Gasteiger partial charge >= 0.3 is 6.61 Å². The van der Waals surface area contributed by atoms with Gasteiger partial charge in [0, 0.05) is 10.6 Å². The van der Waals surface area contributed by atoms with E-state index in [2.05, 4.69) is 4.74 Å². The summed E-state index contributed by atoms with van der Waals surface area (Å²) in [4.78, 5) is 0.754. The van der Waals surface area contributed by atoms with Crippen molar-refractivity contribution in [3.8, 4) is 17.2 Å². The molecule has 0 aromatic heterocycles. The van der Waals surface area contributed by atoms with E-state index in [0.29, 0.717) is 5.75 Å². The predicted octanol–water partition coefficient (Wildman–Crippen LogP) is 4.29. The van der Waals surface area contributed by atoms with Gasteiger partial charge < -0.3 is 14.6 Å². The predicted molar refractivity (Wildman–Crippen MR) is 77.3 cm³/mol. The molecule has 0 amide bonds. The quantitative estimate of drug-likeness (QED) is 0.807. The number of aromatic hydroxyl groups is 1. The zero-order valence-electron chi connectivity index (χ0n) is 11.3. The maximum Gasteiger partial charge on any atom is 0.387 e. The van der Waals surface area contributed by atoms with Crippen LogP contribution in [-0.2, 0) is 5.75 Å². The average Bonchev–Trinajstić information content (AvgIpc) is 2.47. The molecule has 2 aromatic carbocycles. The minimum absolute atomic E-state index is 0.00353. The van der Waals surface area contributed by atoms with Gasteiger partial charge in [0.05, 0.1) is 7.11 Å². The fourth-order valence-corrected chi connectivity index (χ4v) is 2.63. The summed E-state index contributed by atoms with van der Waals surface area (Å²) in [6.45, 7) is -2.89. The Hall–Kier alpha value is -1.95. The number of methoxy groups -OCH3 is 1. The van der Waals surface area contributed by atoms with Crippen LogP contribution in [0.25, 0.3) is 0 Å². The number of thioether (sulfide) groups is 1. The molecule has 3 nitrogen and oxygen atoms in total. The zero-order chi connectivity index (χ0) is 15.2. The number of alkyl halides is 2. The molecular formula is C15H14F2O3S. The van der Waals surface area contributed by atoms with E-state index in [1.807, 2.05) is 12.1 Å². The van der Waals surface area contributed by atoms with E-state index in [1.165, 1.54) is 24.9 Å². The van der Waals surface area contributed by atoms with E-state index in [4.69, 9.17) is 4.74 Å². The van der Waals surface area contributed by atoms with Crippen LogP contribution in [0.1, 0.15) is 5.56 Å². The van der Waals surface area contributed by atoms with Gasteiger partial charge in [-0.2, -0.15) is 8.78 Å². The number of rotatable bonds is 6. The standard InChI is InChI=1S/C15H14F2O3S/c1-19-13-8-10(6-7-12(13)20-15(16)17)9-21-14-5-3-2-4-11(14)18/h2-8,15,18H,9H2,1H3. The second-order valence-electron chi connectivity index (χ2n) is 4.12. The second kappa shape index (κ2) is 7.17. The first-order valence-electron chi connectivity index (χ1n) is 6.12. The molecule has 1 N–H and O–H groups in total. The maximum atomic E-state index is 12.2. The van der Waals surface area contributed by atoms with Crippen molar-refractivity contribution in [1.29, 1.82) is 0 Å². The van der Waals surface area contributed by atoms with Crippen LogP contribution in [0, 0.1) is 0 Å². The first-order chi connectivity index (χ1) is 10.1. The number of hydrogen-bond acceptors (Lipinski definition) is 4. The Kier molecular flexibility index (Phi) is 5.27. The monoisotopic (exact) mass is 312 g/mol. The molecule has 112 valence electrons. The Morgan fingerprint density at radius 3 is 2.57 bits per heavy atom. The van der Waals surface area contributed by atoms with Gasteiger partial charge in [0.15, 0.2) is 11.5 Å². The molecule has 0 aliphatic heterocycles. The number of halogens is 2. The molecule has 6 heteroatoms. The van der Waals surface area contributed by atoms with E-state index in [1.54, 1.807) is 24.3 Å². The Balaban J connectivity index is 2.09. The third-order valence-electron chi connectivity index (χ3n) is 2.70. The summed E-state index contributed by atoms with van der Waals surface area (Å²) in [6.07, 6.45) is 0. The molecule has 0 fully saturated rings. The van der Waals surface area contributed by atoms with E-state index in [9.17, 15) is 13.9 Å². The van der Waals surface area contributed by atoms with Gasteiger partial charge in [0.2, 0.25) is 0 Å². The smallest absolute Gasteiger partial charge is 0.387 e. The van der Waals surface area contributed by atoms with Gasteiger partial charge in [-0.25, -0.2) is 0 Å². The molecule has 0 atom stereocenters. The number of benzene rings is 2. The minimum Gasteiger partial charge on any atom is -0.507 e. The van der Waals surface area contributed by atoms with Crippen LogP contribution < -0.4 is 9.47 Å². The molecule has 0 saturated carbocycles. The highest BCUT2D eigenvalue weighted by Crippen LogP contribution is 2.34. The van der Waals surface area contributed by atoms with E-state index < -0.39 is 6.61 Å². The van der Waals surface area contributed by atoms with Gasteiger partial charge in [0.1, 0.15) is 5.75 Å². The lowest BCUT2D eigenvalue weighted by atomic mass is 10.2. The summed E-state index contributed by atoms with van der Waals surface area (Å²) in [6, 6.07) is 11.8. The number of para-hydroxylation sites is 1. The number of phenolic OH excluding ortho intramolecular Hbond substituents is 1.